The molecule has 0 aliphatic carbocycles. The van der Waals surface area contributed by atoms with Crippen LogP contribution in [0.1, 0.15) is 10.4 Å². The molecule has 3 aromatic heterocycles. The van der Waals surface area contributed by atoms with E-state index in [1.54, 1.807) is 12.3 Å². The molecule has 0 radical (unpaired) electrons. The summed E-state index contributed by atoms with van der Waals surface area (Å²) in [5.41, 5.74) is 1.46. The van der Waals surface area contributed by atoms with Gasteiger partial charge in [0, 0.05) is 23.2 Å². The third kappa shape index (κ3) is 2.42. The molecule has 8 heteroatoms. The van der Waals surface area contributed by atoms with E-state index in [2.05, 4.69) is 30.4 Å². The van der Waals surface area contributed by atoms with Crippen molar-refractivity contribution in [2.24, 2.45) is 0 Å². The molecule has 1 aromatic carbocycles. The highest BCUT2D eigenvalue weighted by atomic mass is 16.1. The second-order valence-corrected chi connectivity index (χ2v) is 4.80. The molecule has 0 saturated heterocycles. The van der Waals surface area contributed by atoms with Crippen molar-refractivity contribution in [2.45, 2.75) is 0 Å². The van der Waals surface area contributed by atoms with Crippen LogP contribution in [0.4, 0.5) is 5.82 Å². The Labute approximate surface area is 130 Å². The minimum absolute atomic E-state index is 0.245. The molecule has 23 heavy (non-hydrogen) atoms. The molecule has 112 valence electrons. The number of carbonyl (C=O) groups excluding carboxylic acids is 1. The van der Waals surface area contributed by atoms with E-state index in [9.17, 15) is 4.79 Å². The lowest BCUT2D eigenvalue weighted by Crippen LogP contribution is -2.13. The van der Waals surface area contributed by atoms with Crippen LogP contribution in [0.15, 0.2) is 55.5 Å². The number of hydrogen-bond acceptors (Lipinski definition) is 5. The maximum absolute atomic E-state index is 12.5. The van der Waals surface area contributed by atoms with Crippen molar-refractivity contribution in [3.05, 3.63) is 61.1 Å². The summed E-state index contributed by atoms with van der Waals surface area (Å²) in [7, 11) is 0. The van der Waals surface area contributed by atoms with Gasteiger partial charge in [-0.1, -0.05) is 18.2 Å². The number of hydrogen-bond donors (Lipinski definition) is 2. The van der Waals surface area contributed by atoms with Crippen molar-refractivity contribution in [1.82, 2.24) is 29.7 Å². The summed E-state index contributed by atoms with van der Waals surface area (Å²) < 4.78 is 1.49. The fraction of sp³-hybridized carbons (Fsp3) is 0. The largest absolute Gasteiger partial charge is 0.360 e. The number of rotatable bonds is 3. The standard InChI is InChI=1S/C15H11N7O/c23-15(11-6-17-12-4-2-1-3-10(11)12)21-13-5-14(19-8-18-13)22-9-16-7-20-22/h1-9,17H,(H,18,19,21,23). The van der Waals surface area contributed by atoms with Crippen LogP contribution < -0.4 is 5.32 Å². The third-order valence-corrected chi connectivity index (χ3v) is 3.38. The summed E-state index contributed by atoms with van der Waals surface area (Å²) in [4.78, 5) is 27.6. The van der Waals surface area contributed by atoms with Gasteiger partial charge >= 0.3 is 0 Å². The van der Waals surface area contributed by atoms with Gasteiger partial charge in [-0.2, -0.15) is 5.10 Å². The molecular weight excluding hydrogens is 294 g/mol. The van der Waals surface area contributed by atoms with Crippen LogP contribution in [-0.2, 0) is 0 Å². The molecule has 3 heterocycles. The first-order chi connectivity index (χ1) is 11.3. The van der Waals surface area contributed by atoms with E-state index < -0.39 is 0 Å². The molecule has 0 bridgehead atoms. The van der Waals surface area contributed by atoms with Crippen LogP contribution >= 0.6 is 0 Å². The van der Waals surface area contributed by atoms with Crippen LogP contribution in [0.2, 0.25) is 0 Å². The molecule has 2 N–H and O–H groups in total. The SMILES string of the molecule is O=C(Nc1cc(-n2cncn2)ncn1)c1c[nH]c2ccccc12. The first-order valence-corrected chi connectivity index (χ1v) is 6.86. The van der Waals surface area contributed by atoms with Gasteiger partial charge in [0.25, 0.3) is 5.91 Å². The van der Waals surface area contributed by atoms with E-state index in [0.717, 1.165) is 10.9 Å². The Bertz CT molecular complexity index is 974. The quantitative estimate of drug-likeness (QED) is 0.601. The van der Waals surface area contributed by atoms with Crippen LogP contribution in [0.25, 0.3) is 16.7 Å². The predicted molar refractivity (Wildman–Crippen MR) is 83.2 cm³/mol. The number of nitrogens with one attached hydrogen (secondary N) is 2. The molecule has 0 fully saturated rings. The number of H-pyrrole nitrogens is 1. The summed E-state index contributed by atoms with van der Waals surface area (Å²) >= 11 is 0. The van der Waals surface area contributed by atoms with Crippen molar-refractivity contribution in [1.29, 1.82) is 0 Å². The molecule has 0 aliphatic heterocycles. The van der Waals surface area contributed by atoms with Gasteiger partial charge in [0.15, 0.2) is 5.82 Å². The number of aromatic amines is 1. The molecule has 4 aromatic rings. The highest BCUT2D eigenvalue weighted by Gasteiger charge is 2.13. The fourth-order valence-corrected chi connectivity index (χ4v) is 2.31. The molecule has 8 nitrogen and oxygen atoms in total. The number of amides is 1. The first kappa shape index (κ1) is 13.1. The van der Waals surface area contributed by atoms with Crippen molar-refractivity contribution in [3.63, 3.8) is 0 Å². The van der Waals surface area contributed by atoms with Gasteiger partial charge in [0.05, 0.1) is 5.56 Å². The lowest BCUT2D eigenvalue weighted by Gasteiger charge is -2.05. The number of carbonyl (C=O) groups is 1. The summed E-state index contributed by atoms with van der Waals surface area (Å²) in [6.07, 6.45) is 5.97. The Morgan fingerprint density at radius 1 is 1.17 bits per heavy atom. The summed E-state index contributed by atoms with van der Waals surface area (Å²) in [5, 5.41) is 7.62. The van der Waals surface area contributed by atoms with E-state index in [1.165, 1.54) is 23.7 Å². The average Bonchev–Trinajstić information content (AvgIpc) is 3.25. The number of fused-ring (bicyclic) bond motifs is 1. The number of para-hydroxylation sites is 1. The van der Waals surface area contributed by atoms with Gasteiger partial charge in [-0.05, 0) is 6.07 Å². The average molecular weight is 305 g/mol. The van der Waals surface area contributed by atoms with Crippen molar-refractivity contribution in [3.8, 4) is 5.82 Å². The van der Waals surface area contributed by atoms with Gasteiger partial charge in [0.1, 0.15) is 24.8 Å². The van der Waals surface area contributed by atoms with Crippen molar-refractivity contribution >= 4 is 22.6 Å². The molecule has 4 rings (SSSR count). The number of nitrogens with zero attached hydrogens (tertiary/aromatic N) is 5. The van der Waals surface area contributed by atoms with Gasteiger partial charge < -0.3 is 10.3 Å². The monoisotopic (exact) mass is 305 g/mol. The van der Waals surface area contributed by atoms with Crippen LogP contribution in [0.3, 0.4) is 0 Å². The third-order valence-electron chi connectivity index (χ3n) is 3.38. The summed E-state index contributed by atoms with van der Waals surface area (Å²) in [5.74, 6) is 0.665. The number of aromatic nitrogens is 6. The minimum atomic E-state index is -0.245. The van der Waals surface area contributed by atoms with E-state index in [4.69, 9.17) is 0 Å². The van der Waals surface area contributed by atoms with E-state index in [1.807, 2.05) is 24.3 Å². The Hall–Kier alpha value is -3.55. The fourth-order valence-electron chi connectivity index (χ4n) is 2.31. The molecule has 0 unspecified atom stereocenters. The van der Waals surface area contributed by atoms with Gasteiger partial charge in [-0.15, -0.1) is 0 Å². The normalized spacial score (nSPS) is 10.8. The van der Waals surface area contributed by atoms with Gasteiger partial charge in [-0.3, -0.25) is 4.79 Å². The molecule has 1 amide bonds. The summed E-state index contributed by atoms with van der Waals surface area (Å²) in [6, 6.07) is 9.23. The molecule has 0 spiro atoms. The molecule has 0 atom stereocenters. The maximum Gasteiger partial charge on any atom is 0.258 e. The number of benzene rings is 1. The Morgan fingerprint density at radius 2 is 2.09 bits per heavy atom. The van der Waals surface area contributed by atoms with Gasteiger partial charge in [0.2, 0.25) is 0 Å². The first-order valence-electron chi connectivity index (χ1n) is 6.86. The zero-order valence-corrected chi connectivity index (χ0v) is 11.8. The number of anilines is 1. The van der Waals surface area contributed by atoms with Gasteiger partial charge in [-0.25, -0.2) is 19.6 Å². The topological polar surface area (TPSA) is 101 Å². The zero-order chi connectivity index (χ0) is 15.6. The molecular formula is C15H11N7O. The predicted octanol–water partition coefficient (Wildman–Crippen LogP) is 1.79. The lowest BCUT2D eigenvalue weighted by molar-refractivity contribution is 0.102. The molecule has 0 aliphatic rings. The summed E-state index contributed by atoms with van der Waals surface area (Å²) in [6.45, 7) is 0. The zero-order valence-electron chi connectivity index (χ0n) is 11.8. The maximum atomic E-state index is 12.5. The Balaban J connectivity index is 1.63. The van der Waals surface area contributed by atoms with Crippen LogP contribution in [0, 0.1) is 0 Å². The van der Waals surface area contributed by atoms with E-state index in [-0.39, 0.29) is 5.91 Å². The van der Waals surface area contributed by atoms with Crippen molar-refractivity contribution < 1.29 is 4.79 Å². The highest BCUT2D eigenvalue weighted by Crippen LogP contribution is 2.19. The van der Waals surface area contributed by atoms with Crippen LogP contribution in [0.5, 0.6) is 0 Å². The smallest absolute Gasteiger partial charge is 0.258 e. The Morgan fingerprint density at radius 3 is 2.96 bits per heavy atom. The van der Waals surface area contributed by atoms with E-state index >= 15 is 0 Å². The van der Waals surface area contributed by atoms with E-state index in [0.29, 0.717) is 17.2 Å². The lowest BCUT2D eigenvalue weighted by atomic mass is 10.1. The van der Waals surface area contributed by atoms with Crippen LogP contribution in [-0.4, -0.2) is 35.6 Å². The minimum Gasteiger partial charge on any atom is -0.360 e. The second-order valence-electron chi connectivity index (χ2n) is 4.80. The van der Waals surface area contributed by atoms with Crippen molar-refractivity contribution in [2.75, 3.05) is 5.32 Å². The highest BCUT2D eigenvalue weighted by molar-refractivity contribution is 6.12. The molecule has 0 saturated carbocycles. The second kappa shape index (κ2) is 5.34. The Kier molecular flexibility index (Phi) is 3.05.